The minimum absolute atomic E-state index is 0.245. The van der Waals surface area contributed by atoms with Crippen molar-refractivity contribution >= 4 is 34.8 Å². The Hall–Kier alpha value is -3.69. The van der Waals surface area contributed by atoms with Crippen molar-refractivity contribution in [2.75, 3.05) is 11.9 Å². The van der Waals surface area contributed by atoms with Gasteiger partial charge in [-0.1, -0.05) is 29.8 Å². The van der Waals surface area contributed by atoms with Gasteiger partial charge in [0.1, 0.15) is 17.4 Å². The highest BCUT2D eigenvalue weighted by Crippen LogP contribution is 2.28. The zero-order valence-corrected chi connectivity index (χ0v) is 16.3. The first-order chi connectivity index (χ1) is 14.4. The first kappa shape index (κ1) is 21.0. The van der Waals surface area contributed by atoms with Gasteiger partial charge in [-0.15, -0.1) is 0 Å². The molecule has 0 aliphatic heterocycles. The average Bonchev–Trinajstić information content (AvgIpc) is 2.73. The number of hydrogen-bond donors (Lipinski definition) is 1. The number of hydrogen-bond acceptors (Lipinski definition) is 3. The first-order valence-corrected chi connectivity index (χ1v) is 9.18. The maximum atomic E-state index is 13.4. The molecule has 150 valence electrons. The van der Waals surface area contributed by atoms with Gasteiger partial charge >= 0.3 is 0 Å². The van der Waals surface area contributed by atoms with Crippen molar-refractivity contribution < 1.29 is 18.3 Å². The number of anilines is 1. The summed E-state index contributed by atoms with van der Waals surface area (Å²) in [5.74, 6) is -0.983. The topological polar surface area (TPSA) is 62.1 Å². The van der Waals surface area contributed by atoms with E-state index in [9.17, 15) is 18.8 Å². The second-order valence-corrected chi connectivity index (χ2v) is 6.62. The lowest BCUT2D eigenvalue weighted by molar-refractivity contribution is -0.118. The van der Waals surface area contributed by atoms with Crippen LogP contribution in [-0.2, 0) is 4.79 Å². The molecule has 0 unspecified atom stereocenters. The maximum Gasteiger partial charge on any atom is 0.262 e. The van der Waals surface area contributed by atoms with Crippen LogP contribution in [-0.4, -0.2) is 12.5 Å². The summed E-state index contributed by atoms with van der Waals surface area (Å²) in [7, 11) is 0. The monoisotopic (exact) mass is 424 g/mol. The summed E-state index contributed by atoms with van der Waals surface area (Å²) in [5.41, 5.74) is 1.78. The van der Waals surface area contributed by atoms with E-state index in [1.807, 2.05) is 6.07 Å². The smallest absolute Gasteiger partial charge is 0.262 e. The molecule has 0 saturated heterocycles. The molecule has 1 amide bonds. The first-order valence-electron chi connectivity index (χ1n) is 8.80. The van der Waals surface area contributed by atoms with E-state index in [2.05, 4.69) is 5.32 Å². The molecule has 3 aromatic rings. The van der Waals surface area contributed by atoms with Crippen LogP contribution in [0.5, 0.6) is 5.75 Å². The van der Waals surface area contributed by atoms with Crippen LogP contribution in [0.25, 0.3) is 11.6 Å². The van der Waals surface area contributed by atoms with Gasteiger partial charge < -0.3 is 10.1 Å². The zero-order chi connectivity index (χ0) is 21.5. The summed E-state index contributed by atoms with van der Waals surface area (Å²) in [6.07, 6.45) is 1.58. The Balaban J connectivity index is 1.66. The highest BCUT2D eigenvalue weighted by atomic mass is 35.5. The molecule has 0 aromatic heterocycles. The third-order valence-electron chi connectivity index (χ3n) is 4.01. The normalized spacial score (nSPS) is 10.9. The number of nitriles is 1. The third-order valence-corrected chi connectivity index (χ3v) is 4.31. The molecular formula is C23H15ClF2N2O2. The number of nitrogens with zero attached hydrogens (tertiary/aromatic N) is 1. The summed E-state index contributed by atoms with van der Waals surface area (Å²) >= 11 is 6.22. The van der Waals surface area contributed by atoms with E-state index < -0.39 is 17.5 Å². The van der Waals surface area contributed by atoms with Gasteiger partial charge in [0.25, 0.3) is 5.91 Å². The van der Waals surface area contributed by atoms with Gasteiger partial charge in [-0.3, -0.25) is 4.79 Å². The zero-order valence-electron chi connectivity index (χ0n) is 15.5. The molecule has 1 N–H and O–H groups in total. The molecule has 0 radical (unpaired) electrons. The summed E-state index contributed by atoms with van der Waals surface area (Å²) in [6.45, 7) is -0.293. The Labute approximate surface area is 177 Å². The van der Waals surface area contributed by atoms with Crippen LogP contribution in [0.3, 0.4) is 0 Å². The highest BCUT2D eigenvalue weighted by Gasteiger charge is 2.08. The second-order valence-electron chi connectivity index (χ2n) is 6.21. The van der Waals surface area contributed by atoms with Gasteiger partial charge in [0.05, 0.1) is 16.7 Å². The van der Waals surface area contributed by atoms with Crippen LogP contribution >= 0.6 is 11.6 Å². The van der Waals surface area contributed by atoms with Crippen molar-refractivity contribution in [2.24, 2.45) is 0 Å². The lowest BCUT2D eigenvalue weighted by Crippen LogP contribution is -2.20. The van der Waals surface area contributed by atoms with Gasteiger partial charge in [0.2, 0.25) is 0 Å². The minimum Gasteiger partial charge on any atom is -0.482 e. The summed E-state index contributed by atoms with van der Waals surface area (Å²) in [5, 5.41) is 12.2. The predicted molar refractivity (Wildman–Crippen MR) is 112 cm³/mol. The van der Waals surface area contributed by atoms with Crippen LogP contribution in [0.4, 0.5) is 14.5 Å². The fourth-order valence-electron chi connectivity index (χ4n) is 2.60. The lowest BCUT2D eigenvalue weighted by Gasteiger charge is -2.09. The van der Waals surface area contributed by atoms with E-state index >= 15 is 0 Å². The molecular weight excluding hydrogens is 410 g/mol. The summed E-state index contributed by atoms with van der Waals surface area (Å²) in [4.78, 5) is 12.0. The van der Waals surface area contributed by atoms with Gasteiger partial charge in [-0.2, -0.15) is 5.26 Å². The molecule has 0 saturated carbocycles. The fraction of sp³-hybridized carbons (Fsp3) is 0.0435. The van der Waals surface area contributed by atoms with Crippen LogP contribution < -0.4 is 10.1 Å². The molecule has 3 aromatic carbocycles. The van der Waals surface area contributed by atoms with Crippen molar-refractivity contribution in [2.45, 2.75) is 0 Å². The summed E-state index contributed by atoms with van der Waals surface area (Å²) < 4.78 is 31.7. The minimum atomic E-state index is -0.436. The number of amides is 1. The Bertz CT molecular complexity index is 1140. The van der Waals surface area contributed by atoms with E-state index in [0.29, 0.717) is 16.8 Å². The number of halogens is 3. The van der Waals surface area contributed by atoms with Crippen LogP contribution in [0, 0.1) is 23.0 Å². The fourth-order valence-corrected chi connectivity index (χ4v) is 2.84. The SMILES string of the molecule is N#C/C(=C/c1ccc(OCC(=O)Nc2ccc(F)cc2)c(Cl)c1)c1cccc(F)c1. The number of carbonyl (C=O) groups is 1. The number of rotatable bonds is 6. The molecule has 0 atom stereocenters. The van der Waals surface area contributed by atoms with Gasteiger partial charge in [0, 0.05) is 5.69 Å². The molecule has 0 aliphatic carbocycles. The van der Waals surface area contributed by atoms with Crippen LogP contribution in [0.15, 0.2) is 66.7 Å². The Kier molecular flexibility index (Phi) is 6.79. The molecule has 30 heavy (non-hydrogen) atoms. The van der Waals surface area contributed by atoms with Crippen LogP contribution in [0.1, 0.15) is 11.1 Å². The number of carbonyl (C=O) groups excluding carboxylic acids is 1. The largest absolute Gasteiger partial charge is 0.482 e. The second kappa shape index (κ2) is 9.68. The van der Waals surface area contributed by atoms with Gasteiger partial charge in [0.15, 0.2) is 6.61 Å². The standard InChI is InChI=1S/C23H15ClF2N2O2/c24-21-11-15(10-17(13-27)16-2-1-3-19(26)12-16)4-9-22(21)30-14-23(29)28-20-7-5-18(25)6-8-20/h1-12H,14H2,(H,28,29)/b17-10-. The van der Waals surface area contributed by atoms with Gasteiger partial charge in [-0.05, 0) is 65.7 Å². The molecule has 4 nitrogen and oxygen atoms in total. The molecule has 0 heterocycles. The quantitative estimate of drug-likeness (QED) is 0.408. The van der Waals surface area contributed by atoms with Crippen molar-refractivity contribution in [1.29, 1.82) is 5.26 Å². The van der Waals surface area contributed by atoms with Gasteiger partial charge in [-0.25, -0.2) is 8.78 Å². The molecule has 3 rings (SSSR count). The third kappa shape index (κ3) is 5.66. The molecule has 0 fully saturated rings. The lowest BCUT2D eigenvalue weighted by atomic mass is 10.0. The average molecular weight is 425 g/mol. The number of benzene rings is 3. The summed E-state index contributed by atoms with van der Waals surface area (Å²) in [6, 6.07) is 17.9. The molecule has 0 aliphatic rings. The van der Waals surface area contributed by atoms with Crippen molar-refractivity contribution in [1.82, 2.24) is 0 Å². The number of nitrogens with one attached hydrogen (secondary N) is 1. The highest BCUT2D eigenvalue weighted by molar-refractivity contribution is 6.32. The molecule has 7 heteroatoms. The molecule has 0 spiro atoms. The Morgan fingerprint density at radius 3 is 2.50 bits per heavy atom. The van der Waals surface area contributed by atoms with E-state index in [4.69, 9.17) is 16.3 Å². The van der Waals surface area contributed by atoms with E-state index in [-0.39, 0.29) is 23.0 Å². The Morgan fingerprint density at radius 1 is 1.07 bits per heavy atom. The van der Waals surface area contributed by atoms with Crippen molar-refractivity contribution in [3.63, 3.8) is 0 Å². The maximum absolute atomic E-state index is 13.4. The van der Waals surface area contributed by atoms with E-state index in [0.717, 1.165) is 0 Å². The number of allylic oxidation sites excluding steroid dienone is 1. The number of ether oxygens (including phenoxy) is 1. The van der Waals surface area contributed by atoms with E-state index in [1.54, 1.807) is 30.3 Å². The van der Waals surface area contributed by atoms with Crippen molar-refractivity contribution in [3.8, 4) is 11.8 Å². The predicted octanol–water partition coefficient (Wildman–Crippen LogP) is 5.70. The van der Waals surface area contributed by atoms with Crippen LogP contribution in [0.2, 0.25) is 5.02 Å². The van der Waals surface area contributed by atoms with E-state index in [1.165, 1.54) is 42.5 Å². The molecule has 0 bridgehead atoms. The van der Waals surface area contributed by atoms with Crippen molar-refractivity contribution in [3.05, 3.63) is 94.5 Å². The Morgan fingerprint density at radius 2 is 1.83 bits per heavy atom.